The molecule has 19 heavy (non-hydrogen) atoms. The lowest BCUT2D eigenvalue weighted by molar-refractivity contribution is -0.119. The Morgan fingerprint density at radius 1 is 1.21 bits per heavy atom. The van der Waals surface area contributed by atoms with E-state index in [1.807, 2.05) is 43.3 Å². The zero-order valence-corrected chi connectivity index (χ0v) is 11.0. The number of hydrogen-bond acceptors (Lipinski definition) is 3. The molecule has 1 heterocycles. The molecule has 0 bridgehead atoms. The van der Waals surface area contributed by atoms with Crippen molar-refractivity contribution >= 4 is 5.91 Å². The smallest absolute Gasteiger partial charge is 0.217 e. The first-order chi connectivity index (χ1) is 9.15. The Labute approximate surface area is 112 Å². The third-order valence-corrected chi connectivity index (χ3v) is 2.67. The number of nitrogens with one attached hydrogen (secondary N) is 1. The number of hydrogen-bond donors (Lipinski definition) is 1. The standard InChI is InChI=1S/C15H16N2O2/c1-11(17-12(2)18)13-5-7-14(8-6-13)19-15-4-3-9-16-10-15/h3-11H,1-2H3,(H,17,18). The number of carbonyl (C=O) groups excluding carboxylic acids is 1. The van der Waals surface area contributed by atoms with Crippen LogP contribution in [-0.2, 0) is 4.79 Å². The number of amides is 1. The van der Waals surface area contributed by atoms with E-state index in [2.05, 4.69) is 10.3 Å². The summed E-state index contributed by atoms with van der Waals surface area (Å²) < 4.78 is 5.64. The molecule has 4 heteroatoms. The number of benzene rings is 1. The molecule has 0 radical (unpaired) electrons. The molecule has 0 aliphatic rings. The van der Waals surface area contributed by atoms with Gasteiger partial charge in [-0.2, -0.15) is 0 Å². The van der Waals surface area contributed by atoms with Gasteiger partial charge < -0.3 is 10.1 Å². The van der Waals surface area contributed by atoms with Crippen molar-refractivity contribution in [3.63, 3.8) is 0 Å². The molecule has 0 aliphatic heterocycles. The van der Waals surface area contributed by atoms with Crippen LogP contribution in [0.1, 0.15) is 25.5 Å². The number of nitrogens with zero attached hydrogens (tertiary/aromatic N) is 1. The van der Waals surface area contributed by atoms with Crippen molar-refractivity contribution in [2.75, 3.05) is 0 Å². The highest BCUT2D eigenvalue weighted by atomic mass is 16.5. The van der Waals surface area contributed by atoms with Crippen molar-refractivity contribution in [3.05, 3.63) is 54.4 Å². The largest absolute Gasteiger partial charge is 0.456 e. The summed E-state index contributed by atoms with van der Waals surface area (Å²) >= 11 is 0. The first kappa shape index (κ1) is 13.1. The molecule has 2 rings (SSSR count). The maximum Gasteiger partial charge on any atom is 0.217 e. The van der Waals surface area contributed by atoms with E-state index in [0.717, 1.165) is 11.3 Å². The number of aromatic nitrogens is 1. The SMILES string of the molecule is CC(=O)NC(C)c1ccc(Oc2cccnc2)cc1. The van der Waals surface area contributed by atoms with Crippen molar-refractivity contribution < 1.29 is 9.53 Å². The Kier molecular flexibility index (Phi) is 4.13. The van der Waals surface area contributed by atoms with Crippen LogP contribution in [0.2, 0.25) is 0 Å². The van der Waals surface area contributed by atoms with Crippen molar-refractivity contribution in [1.82, 2.24) is 10.3 Å². The molecular weight excluding hydrogens is 240 g/mol. The van der Waals surface area contributed by atoms with Gasteiger partial charge in [-0.05, 0) is 36.8 Å². The van der Waals surface area contributed by atoms with E-state index in [9.17, 15) is 4.79 Å². The molecule has 0 aliphatic carbocycles. The summed E-state index contributed by atoms with van der Waals surface area (Å²) in [6.45, 7) is 3.45. The van der Waals surface area contributed by atoms with Crippen molar-refractivity contribution in [3.8, 4) is 11.5 Å². The minimum Gasteiger partial charge on any atom is -0.456 e. The lowest BCUT2D eigenvalue weighted by atomic mass is 10.1. The van der Waals surface area contributed by atoms with E-state index < -0.39 is 0 Å². The molecule has 0 spiro atoms. The minimum absolute atomic E-state index is 0.00931. The average Bonchev–Trinajstić information content (AvgIpc) is 2.40. The van der Waals surface area contributed by atoms with Gasteiger partial charge in [-0.1, -0.05) is 12.1 Å². The molecule has 98 valence electrons. The van der Waals surface area contributed by atoms with Crippen LogP contribution in [-0.4, -0.2) is 10.9 Å². The molecule has 1 atom stereocenters. The predicted octanol–water partition coefficient (Wildman–Crippen LogP) is 3.07. The van der Waals surface area contributed by atoms with Crippen molar-refractivity contribution in [1.29, 1.82) is 0 Å². The highest BCUT2D eigenvalue weighted by molar-refractivity contribution is 5.73. The minimum atomic E-state index is -0.0387. The first-order valence-corrected chi connectivity index (χ1v) is 6.10. The topological polar surface area (TPSA) is 51.2 Å². The number of pyridine rings is 1. The van der Waals surface area contributed by atoms with Gasteiger partial charge in [-0.25, -0.2) is 0 Å². The zero-order valence-electron chi connectivity index (χ0n) is 11.0. The van der Waals surface area contributed by atoms with E-state index >= 15 is 0 Å². The summed E-state index contributed by atoms with van der Waals surface area (Å²) in [4.78, 5) is 15.0. The summed E-state index contributed by atoms with van der Waals surface area (Å²) in [6, 6.07) is 11.3. The third kappa shape index (κ3) is 3.81. The van der Waals surface area contributed by atoms with Gasteiger partial charge in [0.1, 0.15) is 11.5 Å². The second kappa shape index (κ2) is 6.00. The van der Waals surface area contributed by atoms with Gasteiger partial charge in [0.2, 0.25) is 5.91 Å². The highest BCUT2D eigenvalue weighted by Crippen LogP contribution is 2.22. The number of rotatable bonds is 4. The molecule has 0 saturated heterocycles. The molecule has 1 unspecified atom stereocenters. The molecular formula is C15H16N2O2. The van der Waals surface area contributed by atoms with Gasteiger partial charge >= 0.3 is 0 Å². The van der Waals surface area contributed by atoms with E-state index in [0.29, 0.717) is 5.75 Å². The van der Waals surface area contributed by atoms with Crippen LogP contribution in [0.5, 0.6) is 11.5 Å². The Bertz CT molecular complexity index is 538. The molecule has 4 nitrogen and oxygen atoms in total. The molecule has 1 amide bonds. The van der Waals surface area contributed by atoms with Crippen LogP contribution in [0.3, 0.4) is 0 Å². The number of carbonyl (C=O) groups is 1. The Hall–Kier alpha value is -2.36. The fourth-order valence-corrected chi connectivity index (χ4v) is 1.76. The molecule has 1 N–H and O–H groups in total. The average molecular weight is 256 g/mol. The van der Waals surface area contributed by atoms with Crippen LogP contribution in [0, 0.1) is 0 Å². The van der Waals surface area contributed by atoms with Crippen LogP contribution in [0.4, 0.5) is 0 Å². The second-order valence-corrected chi connectivity index (χ2v) is 4.28. The Morgan fingerprint density at radius 2 is 1.95 bits per heavy atom. The van der Waals surface area contributed by atoms with Gasteiger partial charge in [0.05, 0.1) is 12.2 Å². The maximum absolute atomic E-state index is 11.0. The van der Waals surface area contributed by atoms with Crippen LogP contribution < -0.4 is 10.1 Å². The third-order valence-electron chi connectivity index (χ3n) is 2.67. The summed E-state index contributed by atoms with van der Waals surface area (Å²) in [5.74, 6) is 1.40. The van der Waals surface area contributed by atoms with Crippen LogP contribution in [0.25, 0.3) is 0 Å². The Morgan fingerprint density at radius 3 is 2.53 bits per heavy atom. The lowest BCUT2D eigenvalue weighted by Crippen LogP contribution is -2.23. The predicted molar refractivity (Wildman–Crippen MR) is 73.0 cm³/mol. The van der Waals surface area contributed by atoms with Crippen molar-refractivity contribution in [2.24, 2.45) is 0 Å². The van der Waals surface area contributed by atoms with Crippen molar-refractivity contribution in [2.45, 2.75) is 19.9 Å². The molecule has 1 aromatic heterocycles. The van der Waals surface area contributed by atoms with Crippen LogP contribution >= 0.6 is 0 Å². The van der Waals surface area contributed by atoms with E-state index in [-0.39, 0.29) is 11.9 Å². The van der Waals surface area contributed by atoms with Gasteiger partial charge in [0, 0.05) is 13.1 Å². The fraction of sp³-hybridized carbons (Fsp3) is 0.200. The van der Waals surface area contributed by atoms with E-state index in [1.54, 1.807) is 12.4 Å². The molecule has 2 aromatic rings. The van der Waals surface area contributed by atoms with Crippen LogP contribution in [0.15, 0.2) is 48.8 Å². The fourth-order valence-electron chi connectivity index (χ4n) is 1.76. The molecule has 0 saturated carbocycles. The normalized spacial score (nSPS) is 11.7. The van der Waals surface area contributed by atoms with E-state index in [4.69, 9.17) is 4.74 Å². The van der Waals surface area contributed by atoms with Gasteiger partial charge in [-0.15, -0.1) is 0 Å². The summed E-state index contributed by atoms with van der Waals surface area (Å²) in [5, 5.41) is 2.84. The highest BCUT2D eigenvalue weighted by Gasteiger charge is 2.06. The zero-order chi connectivity index (χ0) is 13.7. The van der Waals surface area contributed by atoms with Gasteiger partial charge in [0.15, 0.2) is 0 Å². The molecule has 1 aromatic carbocycles. The lowest BCUT2D eigenvalue weighted by Gasteiger charge is -2.13. The van der Waals surface area contributed by atoms with E-state index in [1.165, 1.54) is 6.92 Å². The summed E-state index contributed by atoms with van der Waals surface area (Å²) in [5.41, 5.74) is 1.04. The summed E-state index contributed by atoms with van der Waals surface area (Å²) in [6.07, 6.45) is 3.36. The Balaban J connectivity index is 2.04. The van der Waals surface area contributed by atoms with Gasteiger partial charge in [0.25, 0.3) is 0 Å². The monoisotopic (exact) mass is 256 g/mol. The first-order valence-electron chi connectivity index (χ1n) is 6.10. The summed E-state index contributed by atoms with van der Waals surface area (Å²) in [7, 11) is 0. The van der Waals surface area contributed by atoms with Gasteiger partial charge in [-0.3, -0.25) is 9.78 Å². The quantitative estimate of drug-likeness (QED) is 0.914. The molecule has 0 fully saturated rings. The second-order valence-electron chi connectivity index (χ2n) is 4.28. The number of ether oxygens (including phenoxy) is 1. The maximum atomic E-state index is 11.0.